The van der Waals surface area contributed by atoms with E-state index < -0.39 is 5.97 Å². The third kappa shape index (κ3) is 3.34. The molecule has 19 heavy (non-hydrogen) atoms. The lowest BCUT2D eigenvalue weighted by Gasteiger charge is -2.00. The normalized spacial score (nSPS) is 10.2. The molecule has 0 radical (unpaired) electrons. The van der Waals surface area contributed by atoms with Crippen LogP contribution >= 0.6 is 0 Å². The number of benzene rings is 1. The fraction of sp³-hybridized carbons (Fsp3) is 0.286. The summed E-state index contributed by atoms with van der Waals surface area (Å²) in [6.45, 7) is 2.07. The maximum atomic E-state index is 11.4. The van der Waals surface area contributed by atoms with Gasteiger partial charge in [0.25, 0.3) is 0 Å². The van der Waals surface area contributed by atoms with Gasteiger partial charge in [0.15, 0.2) is 5.69 Å². The molecule has 0 aliphatic heterocycles. The van der Waals surface area contributed by atoms with Crippen LogP contribution in [0.4, 0.5) is 0 Å². The van der Waals surface area contributed by atoms with Crippen LogP contribution in [0.5, 0.6) is 5.75 Å². The minimum atomic E-state index is -0.466. The van der Waals surface area contributed by atoms with Gasteiger partial charge in [0.1, 0.15) is 11.5 Å². The first-order valence-corrected chi connectivity index (χ1v) is 5.98. The van der Waals surface area contributed by atoms with E-state index in [0.717, 1.165) is 11.3 Å². The predicted octanol–water partition coefficient (Wildman–Crippen LogP) is 2.45. The van der Waals surface area contributed by atoms with Crippen LogP contribution in [0.2, 0.25) is 0 Å². The van der Waals surface area contributed by atoms with Gasteiger partial charge in [0.05, 0.1) is 13.7 Å². The number of nitrogens with zero attached hydrogens (tertiary/aromatic N) is 1. The topological polar surface area (TPSA) is 61.6 Å². The molecule has 5 heteroatoms. The van der Waals surface area contributed by atoms with Crippen molar-refractivity contribution in [1.29, 1.82) is 0 Å². The molecule has 1 aromatic carbocycles. The number of rotatable bonds is 5. The molecule has 1 aromatic heterocycles. The van der Waals surface area contributed by atoms with E-state index in [1.807, 2.05) is 24.3 Å². The fourth-order valence-electron chi connectivity index (χ4n) is 1.64. The molecule has 0 atom stereocenters. The third-order valence-corrected chi connectivity index (χ3v) is 2.58. The summed E-state index contributed by atoms with van der Waals surface area (Å²) in [5, 5.41) is 3.69. The minimum absolute atomic E-state index is 0.199. The van der Waals surface area contributed by atoms with Gasteiger partial charge in [0, 0.05) is 12.5 Å². The van der Waals surface area contributed by atoms with Crippen LogP contribution in [0.15, 0.2) is 34.9 Å². The van der Waals surface area contributed by atoms with Gasteiger partial charge in [-0.3, -0.25) is 0 Å². The van der Waals surface area contributed by atoms with E-state index >= 15 is 0 Å². The Bertz CT molecular complexity index is 545. The summed E-state index contributed by atoms with van der Waals surface area (Å²) in [7, 11) is 1.62. The van der Waals surface area contributed by atoms with E-state index in [9.17, 15) is 4.79 Å². The summed E-state index contributed by atoms with van der Waals surface area (Å²) in [5.41, 5.74) is 1.25. The van der Waals surface area contributed by atoms with Crippen molar-refractivity contribution in [1.82, 2.24) is 5.16 Å². The van der Waals surface area contributed by atoms with Crippen molar-refractivity contribution in [2.24, 2.45) is 0 Å². The van der Waals surface area contributed by atoms with Crippen molar-refractivity contribution in [3.05, 3.63) is 47.3 Å². The van der Waals surface area contributed by atoms with Crippen molar-refractivity contribution in [3.63, 3.8) is 0 Å². The van der Waals surface area contributed by atoms with Gasteiger partial charge in [0.2, 0.25) is 0 Å². The lowest BCUT2D eigenvalue weighted by molar-refractivity contribution is 0.0514. The third-order valence-electron chi connectivity index (χ3n) is 2.58. The molecule has 0 unspecified atom stereocenters. The number of carbonyl (C=O) groups is 1. The molecule has 0 fully saturated rings. The Morgan fingerprint density at radius 2 is 2.05 bits per heavy atom. The molecular weight excluding hydrogens is 246 g/mol. The number of carbonyl (C=O) groups excluding carboxylic acids is 1. The van der Waals surface area contributed by atoms with E-state index in [4.69, 9.17) is 14.0 Å². The lowest BCUT2D eigenvalue weighted by Crippen LogP contribution is -2.04. The quantitative estimate of drug-likeness (QED) is 0.774. The highest BCUT2D eigenvalue weighted by atomic mass is 16.5. The Balaban J connectivity index is 2.04. The molecule has 0 aliphatic carbocycles. The molecule has 1 heterocycles. The molecule has 0 N–H and O–H groups in total. The van der Waals surface area contributed by atoms with Crippen LogP contribution in [-0.4, -0.2) is 24.8 Å². The molecule has 0 aliphatic rings. The smallest absolute Gasteiger partial charge is 0.360 e. The van der Waals surface area contributed by atoms with Gasteiger partial charge in [-0.05, 0) is 24.6 Å². The zero-order valence-electron chi connectivity index (χ0n) is 10.9. The standard InChI is InChI=1S/C14H15NO4/c1-3-18-14(16)13-9-12(19-15-13)8-10-4-6-11(17-2)7-5-10/h4-7,9H,3,8H2,1-2H3. The van der Waals surface area contributed by atoms with Gasteiger partial charge in [-0.15, -0.1) is 0 Å². The van der Waals surface area contributed by atoms with E-state index in [0.29, 0.717) is 18.8 Å². The van der Waals surface area contributed by atoms with Crippen molar-refractivity contribution in [3.8, 4) is 5.75 Å². The van der Waals surface area contributed by atoms with E-state index in [2.05, 4.69) is 5.16 Å². The summed E-state index contributed by atoms with van der Waals surface area (Å²) in [4.78, 5) is 11.4. The van der Waals surface area contributed by atoms with E-state index in [1.54, 1.807) is 20.1 Å². The highest BCUT2D eigenvalue weighted by molar-refractivity contribution is 5.87. The van der Waals surface area contributed by atoms with Crippen LogP contribution in [-0.2, 0) is 11.2 Å². The zero-order chi connectivity index (χ0) is 13.7. The number of esters is 1. The van der Waals surface area contributed by atoms with Crippen LogP contribution in [0.3, 0.4) is 0 Å². The van der Waals surface area contributed by atoms with Crippen LogP contribution in [0.25, 0.3) is 0 Å². The summed E-state index contributed by atoms with van der Waals surface area (Å²) < 4.78 is 15.0. The minimum Gasteiger partial charge on any atom is -0.497 e. The maximum absolute atomic E-state index is 11.4. The Morgan fingerprint density at radius 3 is 2.68 bits per heavy atom. The predicted molar refractivity (Wildman–Crippen MR) is 68.3 cm³/mol. The Hall–Kier alpha value is -2.30. The molecule has 0 saturated heterocycles. The van der Waals surface area contributed by atoms with Crippen LogP contribution in [0, 0.1) is 0 Å². The van der Waals surface area contributed by atoms with Crippen molar-refractivity contribution in [2.75, 3.05) is 13.7 Å². The zero-order valence-corrected chi connectivity index (χ0v) is 10.9. The highest BCUT2D eigenvalue weighted by Gasteiger charge is 2.13. The Labute approximate surface area is 111 Å². The van der Waals surface area contributed by atoms with E-state index in [-0.39, 0.29) is 5.69 Å². The second kappa shape index (κ2) is 6.04. The molecule has 2 aromatic rings. The molecule has 0 saturated carbocycles. The summed E-state index contributed by atoms with van der Waals surface area (Å²) in [6, 6.07) is 9.22. The number of aromatic nitrogens is 1. The van der Waals surface area contributed by atoms with Gasteiger partial charge < -0.3 is 14.0 Å². The van der Waals surface area contributed by atoms with E-state index in [1.165, 1.54) is 0 Å². The van der Waals surface area contributed by atoms with Crippen molar-refractivity contribution >= 4 is 5.97 Å². The van der Waals surface area contributed by atoms with Gasteiger partial charge in [-0.2, -0.15) is 0 Å². The molecule has 0 amide bonds. The molecule has 100 valence electrons. The highest BCUT2D eigenvalue weighted by Crippen LogP contribution is 2.15. The summed E-state index contributed by atoms with van der Waals surface area (Å²) in [5.74, 6) is 0.953. The molecule has 5 nitrogen and oxygen atoms in total. The second-order valence-electron chi connectivity index (χ2n) is 3.92. The monoisotopic (exact) mass is 261 g/mol. The number of hydrogen-bond acceptors (Lipinski definition) is 5. The van der Waals surface area contributed by atoms with Gasteiger partial charge in [-0.1, -0.05) is 17.3 Å². The lowest BCUT2D eigenvalue weighted by atomic mass is 10.1. The van der Waals surface area contributed by atoms with Crippen molar-refractivity contribution in [2.45, 2.75) is 13.3 Å². The number of hydrogen-bond donors (Lipinski definition) is 0. The Morgan fingerprint density at radius 1 is 1.32 bits per heavy atom. The molecule has 2 rings (SSSR count). The van der Waals surface area contributed by atoms with Gasteiger partial charge in [-0.25, -0.2) is 4.79 Å². The second-order valence-corrected chi connectivity index (χ2v) is 3.92. The van der Waals surface area contributed by atoms with Crippen molar-refractivity contribution < 1.29 is 18.8 Å². The first-order valence-electron chi connectivity index (χ1n) is 5.98. The maximum Gasteiger partial charge on any atom is 0.360 e. The average Bonchev–Trinajstić information content (AvgIpc) is 2.88. The first-order chi connectivity index (χ1) is 9.22. The summed E-state index contributed by atoms with van der Waals surface area (Å²) in [6.07, 6.45) is 0.566. The Kier molecular flexibility index (Phi) is 4.18. The van der Waals surface area contributed by atoms with Crippen LogP contribution in [0.1, 0.15) is 28.7 Å². The largest absolute Gasteiger partial charge is 0.497 e. The molecule has 0 spiro atoms. The fourth-order valence-corrected chi connectivity index (χ4v) is 1.64. The average molecular weight is 261 g/mol. The summed E-state index contributed by atoms with van der Waals surface area (Å²) >= 11 is 0. The number of methoxy groups -OCH3 is 1. The van der Waals surface area contributed by atoms with Crippen LogP contribution < -0.4 is 4.74 Å². The first kappa shape index (κ1) is 13.1. The SMILES string of the molecule is CCOC(=O)c1cc(Cc2ccc(OC)cc2)on1. The molecular formula is C14H15NO4. The number of ether oxygens (including phenoxy) is 2. The molecule has 0 bridgehead atoms. The van der Waals surface area contributed by atoms with Gasteiger partial charge >= 0.3 is 5.97 Å².